The normalized spacial score (nSPS) is 12.0. The Morgan fingerprint density at radius 2 is 1.70 bits per heavy atom. The third kappa shape index (κ3) is 7.44. The van der Waals surface area contributed by atoms with Crippen molar-refractivity contribution in [3.63, 3.8) is 0 Å². The zero-order chi connectivity index (χ0) is 27.2. The molecule has 9 nitrogen and oxygen atoms in total. The molecule has 1 unspecified atom stereocenters. The number of benzene rings is 3. The number of nitrogens with zero attached hydrogens (tertiary/aromatic N) is 1. The van der Waals surface area contributed by atoms with Gasteiger partial charge in [-0.25, -0.2) is 4.79 Å². The van der Waals surface area contributed by atoms with Crippen molar-refractivity contribution >= 4 is 34.4 Å². The average molecular weight is 508 g/mol. The summed E-state index contributed by atoms with van der Waals surface area (Å²) < 4.78 is 5.19. The van der Waals surface area contributed by atoms with Crippen LogP contribution >= 0.6 is 0 Å². The molecular formula is C28H33N3O6. The minimum atomic E-state index is -1.15. The Hall–Kier alpha value is -4.11. The summed E-state index contributed by atoms with van der Waals surface area (Å²) in [5.41, 5.74) is 0.744. The van der Waals surface area contributed by atoms with E-state index in [1.165, 1.54) is 11.0 Å². The molecule has 9 heteroatoms. The lowest BCUT2D eigenvalue weighted by molar-refractivity contribution is -0.138. The van der Waals surface area contributed by atoms with E-state index in [0.717, 1.165) is 10.8 Å². The monoisotopic (exact) mass is 507 g/mol. The van der Waals surface area contributed by atoms with Crippen LogP contribution in [-0.2, 0) is 14.3 Å². The largest absolute Gasteiger partial charge is 0.508 e. The predicted octanol–water partition coefficient (Wildman–Crippen LogP) is 3.88. The van der Waals surface area contributed by atoms with Crippen LogP contribution in [0.5, 0.6) is 5.75 Å². The van der Waals surface area contributed by atoms with Crippen LogP contribution in [0.15, 0.2) is 60.7 Å². The van der Waals surface area contributed by atoms with Crippen molar-refractivity contribution in [2.45, 2.75) is 39.3 Å². The van der Waals surface area contributed by atoms with E-state index in [1.54, 1.807) is 45.9 Å². The van der Waals surface area contributed by atoms with Crippen LogP contribution in [0, 0.1) is 6.92 Å². The molecular weight excluding hydrogens is 474 g/mol. The predicted molar refractivity (Wildman–Crippen MR) is 141 cm³/mol. The number of carbonyl (C=O) groups is 3. The average Bonchev–Trinajstić information content (AvgIpc) is 2.83. The van der Waals surface area contributed by atoms with Gasteiger partial charge in [-0.15, -0.1) is 0 Å². The van der Waals surface area contributed by atoms with Crippen molar-refractivity contribution in [3.8, 4) is 5.75 Å². The first-order valence-electron chi connectivity index (χ1n) is 11.9. The molecule has 0 aliphatic rings. The SMILES string of the molecule is Cc1cc(C(C(=O)Nc2ccc3ccccc3c2)N(CCO)C(=O)CNC(=O)OC(C)(C)C)ccc1O. The number of hydrogen-bond acceptors (Lipinski definition) is 6. The number of nitrogens with one attached hydrogen (secondary N) is 2. The molecule has 0 saturated carbocycles. The lowest BCUT2D eigenvalue weighted by Gasteiger charge is -2.31. The highest BCUT2D eigenvalue weighted by Crippen LogP contribution is 2.28. The van der Waals surface area contributed by atoms with Gasteiger partial charge in [-0.2, -0.15) is 0 Å². The Bertz CT molecular complexity index is 1280. The molecule has 3 aromatic rings. The summed E-state index contributed by atoms with van der Waals surface area (Å²) in [5.74, 6) is -1.06. The highest BCUT2D eigenvalue weighted by molar-refractivity contribution is 6.00. The molecule has 0 aromatic heterocycles. The molecule has 3 aromatic carbocycles. The molecule has 0 spiro atoms. The Balaban J connectivity index is 1.91. The number of phenols is 1. The van der Waals surface area contributed by atoms with Gasteiger partial charge in [0.2, 0.25) is 5.91 Å². The Kier molecular flexibility index (Phi) is 8.73. The van der Waals surface area contributed by atoms with Crippen LogP contribution in [0.1, 0.15) is 37.9 Å². The molecule has 0 heterocycles. The van der Waals surface area contributed by atoms with Crippen molar-refractivity contribution in [2.24, 2.45) is 0 Å². The first kappa shape index (κ1) is 27.5. The third-order valence-corrected chi connectivity index (χ3v) is 5.56. The second-order valence-corrected chi connectivity index (χ2v) is 9.67. The summed E-state index contributed by atoms with van der Waals surface area (Å²) in [4.78, 5) is 40.1. The van der Waals surface area contributed by atoms with Gasteiger partial charge in [-0.05, 0) is 73.9 Å². The summed E-state index contributed by atoms with van der Waals surface area (Å²) in [6, 6.07) is 16.6. The fraction of sp³-hybridized carbons (Fsp3) is 0.321. The Labute approximate surface area is 216 Å². The number of aryl methyl sites for hydroxylation is 1. The van der Waals surface area contributed by atoms with Gasteiger partial charge in [-0.3, -0.25) is 9.59 Å². The summed E-state index contributed by atoms with van der Waals surface area (Å²) in [6.07, 6.45) is -0.776. The number of hydrogen-bond donors (Lipinski definition) is 4. The number of aliphatic hydroxyl groups excluding tert-OH is 1. The standard InChI is InChI=1S/C28H33N3O6/c1-18-15-21(10-12-23(18)33)25(26(35)30-22-11-9-19-7-5-6-8-20(19)16-22)31(13-14-32)24(34)17-29-27(36)37-28(2,3)4/h5-12,15-16,25,32-33H,13-14,17H2,1-4H3,(H,29,36)(H,30,35). The van der Waals surface area contributed by atoms with Gasteiger partial charge in [-0.1, -0.05) is 36.4 Å². The molecule has 0 fully saturated rings. The highest BCUT2D eigenvalue weighted by atomic mass is 16.6. The molecule has 0 aliphatic carbocycles. The van der Waals surface area contributed by atoms with Crippen molar-refractivity contribution in [1.82, 2.24) is 10.2 Å². The minimum Gasteiger partial charge on any atom is -0.508 e. The number of ether oxygens (including phenoxy) is 1. The maximum Gasteiger partial charge on any atom is 0.408 e. The number of phenolic OH excluding ortho intramolecular Hbond substituents is 1. The molecule has 0 saturated heterocycles. The van der Waals surface area contributed by atoms with E-state index in [4.69, 9.17) is 4.74 Å². The van der Waals surface area contributed by atoms with Crippen LogP contribution in [0.4, 0.5) is 10.5 Å². The fourth-order valence-corrected chi connectivity index (χ4v) is 3.87. The number of aliphatic hydroxyl groups is 1. The topological polar surface area (TPSA) is 128 Å². The summed E-state index contributed by atoms with van der Waals surface area (Å²) in [5, 5.41) is 26.9. The minimum absolute atomic E-state index is 0.0454. The molecule has 0 radical (unpaired) electrons. The molecule has 1 atom stereocenters. The van der Waals surface area contributed by atoms with E-state index < -0.39 is 42.7 Å². The van der Waals surface area contributed by atoms with Crippen LogP contribution in [0.2, 0.25) is 0 Å². The van der Waals surface area contributed by atoms with Crippen LogP contribution in [0.3, 0.4) is 0 Å². The van der Waals surface area contributed by atoms with Crippen molar-refractivity contribution in [1.29, 1.82) is 0 Å². The smallest absolute Gasteiger partial charge is 0.408 e. The molecule has 3 amide bonds. The first-order valence-corrected chi connectivity index (χ1v) is 11.9. The second kappa shape index (κ2) is 11.7. The van der Waals surface area contributed by atoms with E-state index in [-0.39, 0.29) is 12.3 Å². The quantitative estimate of drug-likeness (QED) is 0.366. The van der Waals surface area contributed by atoms with Gasteiger partial charge in [0.05, 0.1) is 6.61 Å². The number of fused-ring (bicyclic) bond motifs is 1. The first-order chi connectivity index (χ1) is 17.5. The second-order valence-electron chi connectivity index (χ2n) is 9.67. The Morgan fingerprint density at radius 1 is 1.00 bits per heavy atom. The van der Waals surface area contributed by atoms with Gasteiger partial charge in [0, 0.05) is 12.2 Å². The van der Waals surface area contributed by atoms with E-state index in [9.17, 15) is 24.6 Å². The zero-order valence-electron chi connectivity index (χ0n) is 21.4. The number of amides is 3. The lowest BCUT2D eigenvalue weighted by atomic mass is 10.0. The molecule has 196 valence electrons. The van der Waals surface area contributed by atoms with Gasteiger partial charge < -0.3 is 30.5 Å². The van der Waals surface area contributed by atoms with Crippen molar-refractivity contribution in [3.05, 3.63) is 71.8 Å². The third-order valence-electron chi connectivity index (χ3n) is 5.56. The zero-order valence-corrected chi connectivity index (χ0v) is 21.4. The summed E-state index contributed by atoms with van der Waals surface area (Å²) in [7, 11) is 0. The van der Waals surface area contributed by atoms with Gasteiger partial charge >= 0.3 is 6.09 Å². The van der Waals surface area contributed by atoms with Gasteiger partial charge in [0.15, 0.2) is 0 Å². The molecule has 4 N–H and O–H groups in total. The van der Waals surface area contributed by atoms with Gasteiger partial charge in [0.1, 0.15) is 23.9 Å². The number of aromatic hydroxyl groups is 1. The van der Waals surface area contributed by atoms with Gasteiger partial charge in [0.25, 0.3) is 5.91 Å². The van der Waals surface area contributed by atoms with Crippen LogP contribution in [0.25, 0.3) is 10.8 Å². The van der Waals surface area contributed by atoms with Crippen molar-refractivity contribution in [2.75, 3.05) is 25.0 Å². The van der Waals surface area contributed by atoms with E-state index in [0.29, 0.717) is 16.8 Å². The Morgan fingerprint density at radius 3 is 2.35 bits per heavy atom. The molecule has 37 heavy (non-hydrogen) atoms. The number of anilines is 1. The fourth-order valence-electron chi connectivity index (χ4n) is 3.87. The number of alkyl carbamates (subject to hydrolysis) is 1. The highest BCUT2D eigenvalue weighted by Gasteiger charge is 2.32. The maximum absolute atomic E-state index is 13.6. The lowest BCUT2D eigenvalue weighted by Crippen LogP contribution is -2.47. The molecule has 0 aliphatic heterocycles. The van der Waals surface area contributed by atoms with Crippen LogP contribution in [-0.4, -0.2) is 58.3 Å². The summed E-state index contributed by atoms with van der Waals surface area (Å²) >= 11 is 0. The van der Waals surface area contributed by atoms with Crippen molar-refractivity contribution < 1.29 is 29.3 Å². The van der Waals surface area contributed by atoms with E-state index in [2.05, 4.69) is 10.6 Å². The number of carbonyl (C=O) groups excluding carboxylic acids is 3. The summed E-state index contributed by atoms with van der Waals surface area (Å²) in [6.45, 7) is 5.77. The van der Waals surface area contributed by atoms with E-state index in [1.807, 2.05) is 36.4 Å². The number of rotatable bonds is 8. The van der Waals surface area contributed by atoms with Crippen LogP contribution < -0.4 is 10.6 Å². The molecule has 3 rings (SSSR count). The molecule has 0 bridgehead atoms. The van der Waals surface area contributed by atoms with E-state index >= 15 is 0 Å². The maximum atomic E-state index is 13.6.